The minimum absolute atomic E-state index is 0.149. The quantitative estimate of drug-likeness (QED) is 0.810. The highest BCUT2D eigenvalue weighted by atomic mass is 16.5. The SMILES string of the molecule is CCOc1c(OC)cccc1C(=O)NCCN(C)C. The van der Waals surface area contributed by atoms with Gasteiger partial charge in [-0.3, -0.25) is 4.79 Å². The van der Waals surface area contributed by atoms with Gasteiger partial charge in [-0.1, -0.05) is 6.07 Å². The van der Waals surface area contributed by atoms with E-state index in [-0.39, 0.29) is 5.91 Å². The lowest BCUT2D eigenvalue weighted by atomic mass is 10.1. The maximum absolute atomic E-state index is 12.1. The van der Waals surface area contributed by atoms with Gasteiger partial charge in [-0.25, -0.2) is 0 Å². The number of carbonyl (C=O) groups is 1. The van der Waals surface area contributed by atoms with Gasteiger partial charge in [0.15, 0.2) is 11.5 Å². The van der Waals surface area contributed by atoms with E-state index in [0.29, 0.717) is 30.2 Å². The zero-order chi connectivity index (χ0) is 14.3. The number of hydrogen-bond acceptors (Lipinski definition) is 4. The molecular formula is C14H22N2O3. The molecule has 0 saturated heterocycles. The number of carbonyl (C=O) groups excluding carboxylic acids is 1. The first-order valence-corrected chi connectivity index (χ1v) is 6.32. The summed E-state index contributed by atoms with van der Waals surface area (Å²) in [5, 5.41) is 2.86. The molecule has 0 bridgehead atoms. The molecule has 0 saturated carbocycles. The van der Waals surface area contributed by atoms with Gasteiger partial charge in [0.1, 0.15) is 0 Å². The number of benzene rings is 1. The van der Waals surface area contributed by atoms with Crippen molar-refractivity contribution >= 4 is 5.91 Å². The molecule has 1 aromatic carbocycles. The first-order chi connectivity index (χ1) is 9.10. The number of hydrogen-bond donors (Lipinski definition) is 1. The molecule has 0 aromatic heterocycles. The molecule has 0 aliphatic heterocycles. The van der Waals surface area contributed by atoms with E-state index in [0.717, 1.165) is 6.54 Å². The standard InChI is InChI=1S/C14H22N2O3/c1-5-19-13-11(7-6-8-12(13)18-4)14(17)15-9-10-16(2)3/h6-8H,5,9-10H2,1-4H3,(H,15,17). The Hall–Kier alpha value is -1.75. The van der Waals surface area contributed by atoms with E-state index < -0.39 is 0 Å². The van der Waals surface area contributed by atoms with Crippen LogP contribution in [0.2, 0.25) is 0 Å². The van der Waals surface area contributed by atoms with Crippen molar-refractivity contribution in [3.63, 3.8) is 0 Å². The second-order valence-electron chi connectivity index (χ2n) is 4.33. The van der Waals surface area contributed by atoms with E-state index in [4.69, 9.17) is 9.47 Å². The molecule has 0 fully saturated rings. The molecule has 0 unspecified atom stereocenters. The van der Waals surface area contributed by atoms with Gasteiger partial charge in [0.2, 0.25) is 0 Å². The molecule has 106 valence electrons. The smallest absolute Gasteiger partial charge is 0.255 e. The molecule has 0 aliphatic rings. The van der Waals surface area contributed by atoms with E-state index >= 15 is 0 Å². The number of methoxy groups -OCH3 is 1. The van der Waals surface area contributed by atoms with Gasteiger partial charge in [0, 0.05) is 13.1 Å². The van der Waals surface area contributed by atoms with E-state index in [1.54, 1.807) is 25.3 Å². The minimum Gasteiger partial charge on any atom is -0.493 e. The summed E-state index contributed by atoms with van der Waals surface area (Å²) in [6, 6.07) is 5.29. The van der Waals surface area contributed by atoms with Crippen LogP contribution in [0.5, 0.6) is 11.5 Å². The van der Waals surface area contributed by atoms with Crippen LogP contribution in [0.3, 0.4) is 0 Å². The van der Waals surface area contributed by atoms with Crippen LogP contribution in [0.4, 0.5) is 0 Å². The average Bonchev–Trinajstić information content (AvgIpc) is 2.38. The maximum atomic E-state index is 12.1. The molecule has 0 radical (unpaired) electrons. The topological polar surface area (TPSA) is 50.8 Å². The summed E-state index contributed by atoms with van der Waals surface area (Å²) >= 11 is 0. The maximum Gasteiger partial charge on any atom is 0.255 e. The highest BCUT2D eigenvalue weighted by molar-refractivity contribution is 5.97. The van der Waals surface area contributed by atoms with Crippen LogP contribution in [-0.4, -0.2) is 51.7 Å². The number of nitrogens with zero attached hydrogens (tertiary/aromatic N) is 1. The second kappa shape index (κ2) is 7.63. The number of rotatable bonds is 7. The lowest BCUT2D eigenvalue weighted by Gasteiger charge is -2.15. The zero-order valence-electron chi connectivity index (χ0n) is 12.0. The van der Waals surface area contributed by atoms with E-state index in [1.807, 2.05) is 25.9 Å². The lowest BCUT2D eigenvalue weighted by molar-refractivity contribution is 0.0946. The molecule has 1 aromatic rings. The first kappa shape index (κ1) is 15.3. The summed E-state index contributed by atoms with van der Waals surface area (Å²) < 4.78 is 10.7. The largest absolute Gasteiger partial charge is 0.493 e. The molecule has 1 N–H and O–H groups in total. The third-order valence-electron chi connectivity index (χ3n) is 2.58. The van der Waals surface area contributed by atoms with E-state index in [1.165, 1.54) is 0 Å². The van der Waals surface area contributed by atoms with Crippen molar-refractivity contribution in [1.29, 1.82) is 0 Å². The predicted octanol–water partition coefficient (Wildman–Crippen LogP) is 1.39. The molecule has 0 heterocycles. The molecular weight excluding hydrogens is 244 g/mol. The third-order valence-corrected chi connectivity index (χ3v) is 2.58. The van der Waals surface area contributed by atoms with Gasteiger partial charge in [-0.05, 0) is 33.2 Å². The van der Waals surface area contributed by atoms with Crippen LogP contribution in [0, 0.1) is 0 Å². The van der Waals surface area contributed by atoms with Gasteiger partial charge >= 0.3 is 0 Å². The Kier molecular flexibility index (Phi) is 6.15. The van der Waals surface area contributed by atoms with Crippen molar-refractivity contribution in [2.24, 2.45) is 0 Å². The third kappa shape index (κ3) is 4.44. The van der Waals surface area contributed by atoms with Crippen LogP contribution < -0.4 is 14.8 Å². The van der Waals surface area contributed by atoms with Gasteiger partial charge in [-0.2, -0.15) is 0 Å². The average molecular weight is 266 g/mol. The fourth-order valence-corrected chi connectivity index (χ4v) is 1.64. The van der Waals surface area contributed by atoms with Gasteiger partial charge < -0.3 is 19.7 Å². The molecule has 1 amide bonds. The van der Waals surface area contributed by atoms with Crippen molar-refractivity contribution in [1.82, 2.24) is 10.2 Å². The van der Waals surface area contributed by atoms with Crippen molar-refractivity contribution in [3.8, 4) is 11.5 Å². The summed E-state index contributed by atoms with van der Waals surface area (Å²) in [6.07, 6.45) is 0. The Morgan fingerprint density at radius 2 is 2.11 bits per heavy atom. The summed E-state index contributed by atoms with van der Waals surface area (Å²) in [6.45, 7) is 3.74. The highest BCUT2D eigenvalue weighted by Crippen LogP contribution is 2.30. The number of likely N-dealkylation sites (N-methyl/N-ethyl adjacent to an activating group) is 1. The molecule has 0 atom stereocenters. The van der Waals surface area contributed by atoms with Gasteiger partial charge in [0.25, 0.3) is 5.91 Å². The van der Waals surface area contributed by atoms with Crippen molar-refractivity contribution in [2.45, 2.75) is 6.92 Å². The van der Waals surface area contributed by atoms with E-state index in [2.05, 4.69) is 5.32 Å². The second-order valence-corrected chi connectivity index (χ2v) is 4.33. The monoisotopic (exact) mass is 266 g/mol. The molecule has 0 spiro atoms. The van der Waals surface area contributed by atoms with Crippen LogP contribution in [0.15, 0.2) is 18.2 Å². The number of nitrogens with one attached hydrogen (secondary N) is 1. The van der Waals surface area contributed by atoms with Gasteiger partial charge in [0.05, 0.1) is 19.3 Å². The van der Waals surface area contributed by atoms with Crippen molar-refractivity contribution < 1.29 is 14.3 Å². The Morgan fingerprint density at radius 3 is 2.68 bits per heavy atom. The van der Waals surface area contributed by atoms with Gasteiger partial charge in [-0.15, -0.1) is 0 Å². The Bertz CT molecular complexity index is 419. The Labute approximate surface area is 114 Å². The molecule has 5 heteroatoms. The van der Waals surface area contributed by atoms with Crippen molar-refractivity contribution in [2.75, 3.05) is 40.9 Å². The van der Waals surface area contributed by atoms with Crippen LogP contribution in [-0.2, 0) is 0 Å². The number of ether oxygens (including phenoxy) is 2. The molecule has 1 rings (SSSR count). The lowest BCUT2D eigenvalue weighted by Crippen LogP contribution is -2.31. The predicted molar refractivity (Wildman–Crippen MR) is 75.1 cm³/mol. The van der Waals surface area contributed by atoms with Crippen LogP contribution in [0.1, 0.15) is 17.3 Å². The van der Waals surface area contributed by atoms with Crippen LogP contribution >= 0.6 is 0 Å². The molecule has 5 nitrogen and oxygen atoms in total. The minimum atomic E-state index is -0.149. The summed E-state index contributed by atoms with van der Waals surface area (Å²) in [5.74, 6) is 0.918. The van der Waals surface area contributed by atoms with E-state index in [9.17, 15) is 4.79 Å². The Morgan fingerprint density at radius 1 is 1.37 bits per heavy atom. The summed E-state index contributed by atoms with van der Waals surface area (Å²) in [4.78, 5) is 14.1. The highest BCUT2D eigenvalue weighted by Gasteiger charge is 2.16. The number of amides is 1. The normalized spacial score (nSPS) is 10.4. The fourth-order valence-electron chi connectivity index (χ4n) is 1.64. The van der Waals surface area contributed by atoms with Crippen molar-refractivity contribution in [3.05, 3.63) is 23.8 Å². The summed E-state index contributed by atoms with van der Waals surface area (Å²) in [7, 11) is 5.48. The fraction of sp³-hybridized carbons (Fsp3) is 0.500. The first-order valence-electron chi connectivity index (χ1n) is 6.32. The molecule has 19 heavy (non-hydrogen) atoms. The van der Waals surface area contributed by atoms with Crippen LogP contribution in [0.25, 0.3) is 0 Å². The zero-order valence-corrected chi connectivity index (χ0v) is 12.0. The number of para-hydroxylation sites is 1. The molecule has 0 aliphatic carbocycles. The summed E-state index contributed by atoms with van der Waals surface area (Å²) in [5.41, 5.74) is 0.500. The Balaban J connectivity index is 2.83.